The lowest BCUT2D eigenvalue weighted by Gasteiger charge is -2.25. The molecule has 0 aliphatic rings. The Morgan fingerprint density at radius 3 is 2.33 bits per heavy atom. The van der Waals surface area contributed by atoms with E-state index in [-0.39, 0.29) is 24.4 Å². The van der Waals surface area contributed by atoms with Crippen molar-refractivity contribution >= 4 is 29.9 Å². The Bertz CT molecular complexity index is 355. The van der Waals surface area contributed by atoms with Crippen molar-refractivity contribution < 1.29 is 4.79 Å². The molecule has 1 aromatic carbocycles. The van der Waals surface area contributed by atoms with Crippen LogP contribution < -0.4 is 5.32 Å². The van der Waals surface area contributed by atoms with Crippen molar-refractivity contribution in [3.05, 3.63) is 35.9 Å². The first-order chi connectivity index (χ1) is 8.02. The van der Waals surface area contributed by atoms with Crippen LogP contribution in [0.15, 0.2) is 30.3 Å². The third kappa shape index (κ3) is 5.25. The van der Waals surface area contributed by atoms with Crippen molar-refractivity contribution in [2.75, 3.05) is 20.6 Å². The van der Waals surface area contributed by atoms with Gasteiger partial charge in [0.25, 0.3) is 0 Å². The Morgan fingerprint density at radius 2 is 1.89 bits per heavy atom. The van der Waals surface area contributed by atoms with Gasteiger partial charge in [-0.2, -0.15) is 0 Å². The third-order valence-corrected chi connectivity index (χ3v) is 2.84. The summed E-state index contributed by atoms with van der Waals surface area (Å²) in [7, 11) is 3.99. The summed E-state index contributed by atoms with van der Waals surface area (Å²) in [5.41, 5.74) is 1.18. The number of carbonyl (C=O) groups excluding carboxylic acids is 1. The molecule has 0 fully saturated rings. The van der Waals surface area contributed by atoms with Crippen LogP contribution in [0.2, 0.25) is 0 Å². The number of nitrogens with zero attached hydrogens (tertiary/aromatic N) is 1. The van der Waals surface area contributed by atoms with Crippen LogP contribution in [-0.4, -0.2) is 36.8 Å². The highest BCUT2D eigenvalue weighted by atomic mass is 35.5. The van der Waals surface area contributed by atoms with E-state index in [1.807, 2.05) is 32.3 Å². The summed E-state index contributed by atoms with van der Waals surface area (Å²) in [4.78, 5) is 13.5. The van der Waals surface area contributed by atoms with Gasteiger partial charge in [-0.05, 0) is 26.6 Å². The number of amides is 1. The van der Waals surface area contributed by atoms with Crippen LogP contribution in [0.3, 0.4) is 0 Å². The maximum Gasteiger partial charge on any atom is 0.237 e. The minimum Gasteiger partial charge on any atom is -0.353 e. The molecule has 0 radical (unpaired) electrons. The van der Waals surface area contributed by atoms with Gasteiger partial charge in [-0.25, -0.2) is 0 Å². The van der Waals surface area contributed by atoms with E-state index in [1.54, 1.807) is 6.92 Å². The van der Waals surface area contributed by atoms with Crippen molar-refractivity contribution in [2.45, 2.75) is 18.3 Å². The molecule has 0 aliphatic heterocycles. The van der Waals surface area contributed by atoms with Gasteiger partial charge in [-0.1, -0.05) is 30.3 Å². The van der Waals surface area contributed by atoms with Crippen molar-refractivity contribution in [1.82, 2.24) is 10.2 Å². The van der Waals surface area contributed by atoms with E-state index in [4.69, 9.17) is 11.6 Å². The minimum absolute atomic E-state index is 0. The second kappa shape index (κ2) is 8.35. The second-order valence-corrected chi connectivity index (χ2v) is 4.91. The predicted octanol–water partition coefficient (Wildman–Crippen LogP) is 2.45. The van der Waals surface area contributed by atoms with Crippen LogP contribution in [0.25, 0.3) is 0 Å². The fourth-order valence-electron chi connectivity index (χ4n) is 1.61. The smallest absolute Gasteiger partial charge is 0.237 e. The maximum atomic E-state index is 11.4. The van der Waals surface area contributed by atoms with Crippen molar-refractivity contribution in [3.8, 4) is 0 Å². The van der Waals surface area contributed by atoms with Gasteiger partial charge in [-0.3, -0.25) is 4.79 Å². The molecule has 0 aliphatic carbocycles. The van der Waals surface area contributed by atoms with Crippen molar-refractivity contribution in [2.24, 2.45) is 0 Å². The first-order valence-electron chi connectivity index (χ1n) is 5.65. The van der Waals surface area contributed by atoms with E-state index in [9.17, 15) is 4.79 Å². The molecule has 0 aromatic heterocycles. The monoisotopic (exact) mass is 290 g/mol. The molecule has 18 heavy (non-hydrogen) atoms. The van der Waals surface area contributed by atoms with Gasteiger partial charge in [0.1, 0.15) is 5.38 Å². The van der Waals surface area contributed by atoms with Crippen LogP contribution in [0.1, 0.15) is 18.5 Å². The summed E-state index contributed by atoms with van der Waals surface area (Å²) in [5.74, 6) is -0.130. The highest BCUT2D eigenvalue weighted by Gasteiger charge is 2.16. The van der Waals surface area contributed by atoms with Gasteiger partial charge < -0.3 is 10.2 Å². The van der Waals surface area contributed by atoms with Gasteiger partial charge in [-0.15, -0.1) is 24.0 Å². The van der Waals surface area contributed by atoms with E-state index in [1.165, 1.54) is 5.56 Å². The molecule has 0 heterocycles. The lowest BCUT2D eigenvalue weighted by molar-refractivity contribution is -0.120. The van der Waals surface area contributed by atoms with E-state index in [0.29, 0.717) is 6.54 Å². The Morgan fingerprint density at radius 1 is 1.33 bits per heavy atom. The lowest BCUT2D eigenvalue weighted by Crippen LogP contribution is -2.37. The quantitative estimate of drug-likeness (QED) is 0.845. The maximum absolute atomic E-state index is 11.4. The molecular formula is C13H20Cl2N2O. The van der Waals surface area contributed by atoms with Gasteiger partial charge >= 0.3 is 0 Å². The Hall–Kier alpha value is -0.770. The topological polar surface area (TPSA) is 32.3 Å². The predicted molar refractivity (Wildman–Crippen MR) is 78.4 cm³/mol. The molecule has 1 aromatic rings. The van der Waals surface area contributed by atoms with Gasteiger partial charge in [0.15, 0.2) is 0 Å². The Balaban J connectivity index is 0.00000289. The van der Waals surface area contributed by atoms with Gasteiger partial charge in [0.05, 0.1) is 6.04 Å². The Kier molecular flexibility index (Phi) is 8.00. The summed E-state index contributed by atoms with van der Waals surface area (Å²) >= 11 is 5.71. The molecular weight excluding hydrogens is 271 g/mol. The van der Waals surface area contributed by atoms with Crippen LogP contribution in [-0.2, 0) is 4.79 Å². The molecule has 1 rings (SSSR count). The molecule has 5 heteroatoms. The van der Waals surface area contributed by atoms with Crippen LogP contribution in [0.4, 0.5) is 0 Å². The summed E-state index contributed by atoms with van der Waals surface area (Å²) < 4.78 is 0. The molecule has 0 saturated carbocycles. The van der Waals surface area contributed by atoms with Gasteiger partial charge in [0.2, 0.25) is 5.91 Å². The Labute approximate surface area is 120 Å². The number of carbonyl (C=O) groups is 1. The number of hydrogen-bond donors (Lipinski definition) is 1. The van der Waals surface area contributed by atoms with E-state index < -0.39 is 5.38 Å². The number of benzene rings is 1. The van der Waals surface area contributed by atoms with Gasteiger partial charge in [0, 0.05) is 6.54 Å². The van der Waals surface area contributed by atoms with Crippen LogP contribution >= 0.6 is 24.0 Å². The highest BCUT2D eigenvalue weighted by Crippen LogP contribution is 2.16. The summed E-state index contributed by atoms with van der Waals surface area (Å²) in [6.07, 6.45) is 0. The number of rotatable bonds is 5. The number of halogens is 2. The molecule has 0 saturated heterocycles. The van der Waals surface area contributed by atoms with E-state index in [0.717, 1.165) is 0 Å². The fourth-order valence-corrected chi connectivity index (χ4v) is 1.69. The molecule has 1 N–H and O–H groups in total. The molecule has 102 valence electrons. The fraction of sp³-hybridized carbons (Fsp3) is 0.462. The zero-order valence-electron chi connectivity index (χ0n) is 10.9. The van der Waals surface area contributed by atoms with Crippen LogP contribution in [0.5, 0.6) is 0 Å². The third-order valence-electron chi connectivity index (χ3n) is 2.64. The normalized spacial score (nSPS) is 13.6. The standard InChI is InChI=1S/C13H19ClN2O.ClH/c1-10(14)13(17)15-9-12(16(2)3)11-7-5-4-6-8-11;/h4-8,10,12H,9H2,1-3H3,(H,15,17);1H. The average Bonchev–Trinajstić information content (AvgIpc) is 2.29. The minimum atomic E-state index is -0.492. The molecule has 2 atom stereocenters. The summed E-state index contributed by atoms with van der Waals surface area (Å²) in [5, 5.41) is 2.36. The van der Waals surface area contributed by atoms with E-state index in [2.05, 4.69) is 22.3 Å². The molecule has 0 bridgehead atoms. The zero-order valence-corrected chi connectivity index (χ0v) is 12.5. The summed E-state index contributed by atoms with van der Waals surface area (Å²) in [6.45, 7) is 2.23. The van der Waals surface area contributed by atoms with Crippen LogP contribution in [0, 0.1) is 0 Å². The average molecular weight is 291 g/mol. The number of likely N-dealkylation sites (N-methyl/N-ethyl adjacent to an activating group) is 1. The summed E-state index contributed by atoms with van der Waals surface area (Å²) in [6, 6.07) is 10.3. The first-order valence-corrected chi connectivity index (χ1v) is 6.09. The highest BCUT2D eigenvalue weighted by molar-refractivity contribution is 6.30. The van der Waals surface area contributed by atoms with Crippen molar-refractivity contribution in [3.63, 3.8) is 0 Å². The second-order valence-electron chi connectivity index (χ2n) is 4.25. The van der Waals surface area contributed by atoms with E-state index >= 15 is 0 Å². The first kappa shape index (κ1) is 17.2. The molecule has 2 unspecified atom stereocenters. The number of hydrogen-bond acceptors (Lipinski definition) is 2. The zero-order chi connectivity index (χ0) is 12.8. The molecule has 0 spiro atoms. The molecule has 1 amide bonds. The van der Waals surface area contributed by atoms with Crippen molar-refractivity contribution in [1.29, 1.82) is 0 Å². The number of nitrogens with one attached hydrogen (secondary N) is 1. The molecule has 3 nitrogen and oxygen atoms in total. The SMILES string of the molecule is CC(Cl)C(=O)NCC(c1ccccc1)N(C)C.Cl. The lowest BCUT2D eigenvalue weighted by atomic mass is 10.1. The number of alkyl halides is 1. The largest absolute Gasteiger partial charge is 0.353 e.